The molecule has 0 saturated carbocycles. The normalized spacial score (nSPS) is 15.9. The Bertz CT molecular complexity index is 600. The topological polar surface area (TPSA) is 76.6 Å². The molecule has 1 aromatic carbocycles. The van der Waals surface area contributed by atoms with Gasteiger partial charge in [-0.1, -0.05) is 18.2 Å². The first-order valence-electron chi connectivity index (χ1n) is 8.35. The van der Waals surface area contributed by atoms with Crippen LogP contribution in [0.25, 0.3) is 0 Å². The molecule has 0 spiro atoms. The van der Waals surface area contributed by atoms with Crippen molar-refractivity contribution in [2.24, 2.45) is 5.73 Å². The van der Waals surface area contributed by atoms with E-state index in [1.807, 2.05) is 42.2 Å². The van der Waals surface area contributed by atoms with Gasteiger partial charge < -0.3 is 15.5 Å². The Morgan fingerprint density at radius 1 is 1.29 bits per heavy atom. The predicted octanol–water partition coefficient (Wildman–Crippen LogP) is 1.02. The van der Waals surface area contributed by atoms with Crippen molar-refractivity contribution in [3.8, 4) is 6.07 Å². The number of carbonyl (C=O) groups is 1. The molecule has 1 aliphatic rings. The van der Waals surface area contributed by atoms with E-state index in [-0.39, 0.29) is 11.5 Å². The standard InChI is InChI=1S/C18H25N5O/c1-2-22(17-6-4-3-5-7-17)15-16(14-20)18(24)23-12-10-21(9-8-19)11-13-23/h3-7,15H,2,8-13,19H2,1H3/b16-15-. The number of nitrogens with zero attached hydrogens (tertiary/aromatic N) is 4. The van der Waals surface area contributed by atoms with Crippen LogP contribution in [-0.4, -0.2) is 61.5 Å². The Morgan fingerprint density at radius 2 is 1.96 bits per heavy atom. The van der Waals surface area contributed by atoms with Crippen molar-refractivity contribution in [3.63, 3.8) is 0 Å². The van der Waals surface area contributed by atoms with Gasteiger partial charge in [-0.25, -0.2) is 0 Å². The summed E-state index contributed by atoms with van der Waals surface area (Å²) in [7, 11) is 0. The highest BCUT2D eigenvalue weighted by atomic mass is 16.2. The minimum atomic E-state index is -0.195. The minimum absolute atomic E-state index is 0.174. The second-order valence-corrected chi connectivity index (χ2v) is 5.70. The van der Waals surface area contributed by atoms with Crippen molar-refractivity contribution >= 4 is 11.6 Å². The van der Waals surface area contributed by atoms with Crippen molar-refractivity contribution in [2.45, 2.75) is 6.92 Å². The fraction of sp³-hybridized carbons (Fsp3) is 0.444. The Morgan fingerprint density at radius 3 is 2.50 bits per heavy atom. The van der Waals surface area contributed by atoms with Crippen LogP contribution >= 0.6 is 0 Å². The smallest absolute Gasteiger partial charge is 0.266 e. The lowest BCUT2D eigenvalue weighted by atomic mass is 10.2. The zero-order chi connectivity index (χ0) is 17.4. The third-order valence-corrected chi connectivity index (χ3v) is 4.17. The first-order valence-corrected chi connectivity index (χ1v) is 8.35. The van der Waals surface area contributed by atoms with Crippen molar-refractivity contribution in [1.29, 1.82) is 5.26 Å². The van der Waals surface area contributed by atoms with Crippen LogP contribution in [-0.2, 0) is 4.79 Å². The number of hydrogen-bond acceptors (Lipinski definition) is 5. The third kappa shape index (κ3) is 4.57. The van der Waals surface area contributed by atoms with E-state index >= 15 is 0 Å². The molecule has 2 rings (SSSR count). The number of anilines is 1. The molecular weight excluding hydrogens is 302 g/mol. The van der Waals surface area contributed by atoms with Crippen molar-refractivity contribution in [2.75, 3.05) is 50.7 Å². The number of benzene rings is 1. The summed E-state index contributed by atoms with van der Waals surface area (Å²) in [6.07, 6.45) is 1.66. The fourth-order valence-electron chi connectivity index (χ4n) is 2.78. The van der Waals surface area contributed by atoms with E-state index in [1.54, 1.807) is 11.1 Å². The summed E-state index contributed by atoms with van der Waals surface area (Å²) in [5.41, 5.74) is 6.71. The van der Waals surface area contributed by atoms with E-state index in [4.69, 9.17) is 5.73 Å². The van der Waals surface area contributed by atoms with Crippen molar-refractivity contribution < 1.29 is 4.79 Å². The van der Waals surface area contributed by atoms with Gasteiger partial charge >= 0.3 is 0 Å². The first kappa shape index (κ1) is 18.0. The molecule has 1 heterocycles. The highest BCUT2D eigenvalue weighted by Crippen LogP contribution is 2.15. The Kier molecular flexibility index (Phi) is 6.79. The predicted molar refractivity (Wildman–Crippen MR) is 95.2 cm³/mol. The Balaban J connectivity index is 2.07. The van der Waals surface area contributed by atoms with E-state index in [1.165, 1.54) is 0 Å². The van der Waals surface area contributed by atoms with Gasteiger partial charge in [-0.3, -0.25) is 9.69 Å². The van der Waals surface area contributed by atoms with Crippen LogP contribution in [0.3, 0.4) is 0 Å². The molecule has 0 radical (unpaired) electrons. The van der Waals surface area contributed by atoms with Gasteiger partial charge in [0, 0.05) is 57.7 Å². The Labute approximate surface area is 143 Å². The first-order chi connectivity index (χ1) is 11.7. The minimum Gasteiger partial charge on any atom is -0.347 e. The quantitative estimate of drug-likeness (QED) is 0.624. The number of nitriles is 1. The van der Waals surface area contributed by atoms with Crippen LogP contribution in [0.15, 0.2) is 42.1 Å². The highest BCUT2D eigenvalue weighted by Gasteiger charge is 2.23. The summed E-state index contributed by atoms with van der Waals surface area (Å²) in [5, 5.41) is 9.44. The van der Waals surface area contributed by atoms with Crippen LogP contribution in [0.4, 0.5) is 5.69 Å². The van der Waals surface area contributed by atoms with Gasteiger partial charge in [0.15, 0.2) is 0 Å². The lowest BCUT2D eigenvalue weighted by Gasteiger charge is -2.34. The SMILES string of the molecule is CCN(/C=C(/C#N)C(=O)N1CCN(CCN)CC1)c1ccccc1. The van der Waals surface area contributed by atoms with E-state index < -0.39 is 0 Å². The average molecular weight is 327 g/mol. The number of carbonyl (C=O) groups excluding carboxylic acids is 1. The monoisotopic (exact) mass is 327 g/mol. The number of rotatable bonds is 6. The molecule has 0 aliphatic carbocycles. The lowest BCUT2D eigenvalue weighted by molar-refractivity contribution is -0.128. The number of nitrogens with two attached hydrogens (primary N) is 1. The van der Waals surface area contributed by atoms with Gasteiger partial charge in [0.2, 0.25) is 0 Å². The van der Waals surface area contributed by atoms with Gasteiger partial charge in [0.1, 0.15) is 11.6 Å². The van der Waals surface area contributed by atoms with Gasteiger partial charge in [-0.15, -0.1) is 0 Å². The molecule has 2 N–H and O–H groups in total. The Hall–Kier alpha value is -2.36. The van der Waals surface area contributed by atoms with Gasteiger partial charge in [-0.2, -0.15) is 5.26 Å². The number of piperazine rings is 1. The molecule has 1 fully saturated rings. The molecule has 0 atom stereocenters. The molecule has 6 nitrogen and oxygen atoms in total. The summed E-state index contributed by atoms with van der Waals surface area (Å²) in [4.78, 5) is 18.5. The largest absolute Gasteiger partial charge is 0.347 e. The summed E-state index contributed by atoms with van der Waals surface area (Å²) >= 11 is 0. The highest BCUT2D eigenvalue weighted by molar-refractivity contribution is 5.97. The molecule has 0 unspecified atom stereocenters. The van der Waals surface area contributed by atoms with Gasteiger partial charge in [0.25, 0.3) is 5.91 Å². The molecule has 6 heteroatoms. The third-order valence-electron chi connectivity index (χ3n) is 4.17. The molecule has 1 amide bonds. The summed E-state index contributed by atoms with van der Waals surface area (Å²) < 4.78 is 0. The molecule has 24 heavy (non-hydrogen) atoms. The van der Waals surface area contributed by atoms with Crippen LogP contribution in [0.1, 0.15) is 6.92 Å². The summed E-state index contributed by atoms with van der Waals surface area (Å²) in [6, 6.07) is 11.8. The van der Waals surface area contributed by atoms with Crippen LogP contribution in [0.5, 0.6) is 0 Å². The maximum Gasteiger partial charge on any atom is 0.266 e. The second kappa shape index (κ2) is 9.06. The van der Waals surface area contributed by atoms with E-state index in [2.05, 4.69) is 11.0 Å². The number of hydrogen-bond donors (Lipinski definition) is 1. The molecule has 0 aromatic heterocycles. The molecule has 128 valence electrons. The van der Waals surface area contributed by atoms with E-state index in [9.17, 15) is 10.1 Å². The molecule has 1 aliphatic heterocycles. The van der Waals surface area contributed by atoms with E-state index in [0.29, 0.717) is 26.2 Å². The average Bonchev–Trinajstić information content (AvgIpc) is 2.64. The van der Waals surface area contributed by atoms with Gasteiger partial charge in [-0.05, 0) is 19.1 Å². The maximum absolute atomic E-state index is 12.6. The molecule has 1 aromatic rings. The number of amides is 1. The fourth-order valence-corrected chi connectivity index (χ4v) is 2.78. The maximum atomic E-state index is 12.6. The molecule has 0 bridgehead atoms. The lowest BCUT2D eigenvalue weighted by Crippen LogP contribution is -2.50. The van der Waals surface area contributed by atoms with E-state index in [0.717, 1.165) is 25.3 Å². The zero-order valence-electron chi connectivity index (χ0n) is 14.2. The van der Waals surface area contributed by atoms with Gasteiger partial charge in [0.05, 0.1) is 0 Å². The van der Waals surface area contributed by atoms with Crippen molar-refractivity contribution in [1.82, 2.24) is 9.80 Å². The van der Waals surface area contributed by atoms with Crippen molar-refractivity contribution in [3.05, 3.63) is 42.1 Å². The van der Waals surface area contributed by atoms with Crippen LogP contribution in [0.2, 0.25) is 0 Å². The molecule has 1 saturated heterocycles. The molecular formula is C18H25N5O. The summed E-state index contributed by atoms with van der Waals surface area (Å²) in [5.74, 6) is -0.195. The number of para-hydroxylation sites is 1. The van der Waals surface area contributed by atoms with Crippen LogP contribution < -0.4 is 10.6 Å². The summed E-state index contributed by atoms with van der Waals surface area (Å²) in [6.45, 7) is 7.03. The zero-order valence-corrected chi connectivity index (χ0v) is 14.2. The second-order valence-electron chi connectivity index (χ2n) is 5.70. The van der Waals surface area contributed by atoms with Crippen LogP contribution in [0, 0.1) is 11.3 Å².